The van der Waals surface area contributed by atoms with E-state index in [4.69, 9.17) is 0 Å². The highest BCUT2D eigenvalue weighted by Crippen LogP contribution is 2.13. The molecule has 0 unspecified atom stereocenters. The number of aliphatic hydroxyl groups excluding tert-OH is 1. The Morgan fingerprint density at radius 2 is 2.13 bits per heavy atom. The molecule has 23 heavy (non-hydrogen) atoms. The fourth-order valence-corrected chi connectivity index (χ4v) is 2.21. The van der Waals surface area contributed by atoms with Crippen molar-refractivity contribution >= 4 is 11.7 Å². The Balaban J connectivity index is 1.93. The predicted octanol–water partition coefficient (Wildman–Crippen LogP) is 1.34. The zero-order valence-electron chi connectivity index (χ0n) is 12.7. The van der Waals surface area contributed by atoms with Gasteiger partial charge in [0.15, 0.2) is 0 Å². The van der Waals surface area contributed by atoms with Gasteiger partial charge in [-0.2, -0.15) is 0 Å². The molecule has 0 aliphatic carbocycles. The minimum absolute atomic E-state index is 0.137. The number of nitrogens with one attached hydrogen (secondary N) is 1. The second kappa shape index (κ2) is 7.50. The van der Waals surface area contributed by atoms with E-state index in [1.165, 1.54) is 6.20 Å². The van der Waals surface area contributed by atoms with Crippen LogP contribution in [0.2, 0.25) is 0 Å². The number of aliphatic hydroxyl groups is 1. The molecule has 0 saturated heterocycles. The minimum atomic E-state index is -0.569. The lowest BCUT2D eigenvalue weighted by molar-refractivity contribution is -0.389. The largest absolute Gasteiger partial charge is 0.394 e. The van der Waals surface area contributed by atoms with E-state index in [2.05, 4.69) is 10.3 Å². The number of aryl methyl sites for hydroxylation is 2. The number of hydrogen-bond donors (Lipinski definition) is 2. The van der Waals surface area contributed by atoms with Crippen molar-refractivity contribution in [1.29, 1.82) is 0 Å². The van der Waals surface area contributed by atoms with E-state index < -0.39 is 11.0 Å². The van der Waals surface area contributed by atoms with Gasteiger partial charge in [0.1, 0.15) is 6.20 Å². The SMILES string of the molecule is Cc1nc([N+](=O)[O-])cn1CCC(=O)N[C@H](CO)c1ccccc1. The van der Waals surface area contributed by atoms with E-state index in [1.807, 2.05) is 30.3 Å². The Labute approximate surface area is 132 Å². The molecule has 8 nitrogen and oxygen atoms in total. The highest BCUT2D eigenvalue weighted by Gasteiger charge is 2.17. The molecular formula is C15H18N4O4. The maximum atomic E-state index is 12.0. The van der Waals surface area contributed by atoms with Crippen LogP contribution in [0, 0.1) is 17.0 Å². The summed E-state index contributed by atoms with van der Waals surface area (Å²) in [6.45, 7) is 1.72. The number of amides is 1. The maximum absolute atomic E-state index is 12.0. The van der Waals surface area contributed by atoms with Crippen molar-refractivity contribution < 1.29 is 14.8 Å². The average Bonchev–Trinajstić information content (AvgIpc) is 2.93. The summed E-state index contributed by atoms with van der Waals surface area (Å²) in [5.74, 6) is -0.00430. The molecule has 0 radical (unpaired) electrons. The highest BCUT2D eigenvalue weighted by atomic mass is 16.6. The van der Waals surface area contributed by atoms with Crippen molar-refractivity contribution in [1.82, 2.24) is 14.9 Å². The van der Waals surface area contributed by atoms with E-state index >= 15 is 0 Å². The van der Waals surface area contributed by atoms with Crippen molar-refractivity contribution in [2.75, 3.05) is 6.61 Å². The Morgan fingerprint density at radius 3 is 2.70 bits per heavy atom. The van der Waals surface area contributed by atoms with Crippen LogP contribution >= 0.6 is 0 Å². The molecule has 1 aromatic heterocycles. The summed E-state index contributed by atoms with van der Waals surface area (Å²) < 4.78 is 1.56. The highest BCUT2D eigenvalue weighted by molar-refractivity contribution is 5.76. The second-order valence-electron chi connectivity index (χ2n) is 5.06. The quantitative estimate of drug-likeness (QED) is 0.591. The molecule has 2 aromatic rings. The normalized spacial score (nSPS) is 11.9. The molecule has 0 spiro atoms. The minimum Gasteiger partial charge on any atom is -0.394 e. The van der Waals surface area contributed by atoms with Crippen molar-refractivity contribution in [2.24, 2.45) is 0 Å². The fourth-order valence-electron chi connectivity index (χ4n) is 2.21. The third-order valence-corrected chi connectivity index (χ3v) is 3.45. The molecule has 0 saturated carbocycles. The number of carbonyl (C=O) groups is 1. The van der Waals surface area contributed by atoms with E-state index in [-0.39, 0.29) is 31.3 Å². The molecule has 122 valence electrons. The summed E-state index contributed by atoms with van der Waals surface area (Å²) in [5.41, 5.74) is 0.817. The van der Waals surface area contributed by atoms with Crippen LogP contribution in [0.1, 0.15) is 23.9 Å². The Hall–Kier alpha value is -2.74. The first-order valence-electron chi connectivity index (χ1n) is 7.14. The number of nitrogens with zero attached hydrogens (tertiary/aromatic N) is 3. The first kappa shape index (κ1) is 16.6. The molecule has 1 heterocycles. The van der Waals surface area contributed by atoms with Gasteiger partial charge >= 0.3 is 5.82 Å². The lowest BCUT2D eigenvalue weighted by Crippen LogP contribution is -2.31. The van der Waals surface area contributed by atoms with Gasteiger partial charge in [-0.3, -0.25) is 4.79 Å². The summed E-state index contributed by atoms with van der Waals surface area (Å²) >= 11 is 0. The molecule has 0 aliphatic rings. The summed E-state index contributed by atoms with van der Waals surface area (Å²) in [6, 6.07) is 8.70. The fraction of sp³-hybridized carbons (Fsp3) is 0.333. The van der Waals surface area contributed by atoms with Crippen LogP contribution in [0.3, 0.4) is 0 Å². The van der Waals surface area contributed by atoms with Gasteiger partial charge in [0.25, 0.3) is 0 Å². The van der Waals surface area contributed by atoms with Crippen LogP contribution in [0.25, 0.3) is 0 Å². The molecule has 1 aromatic carbocycles. The number of hydrogen-bond acceptors (Lipinski definition) is 5. The first-order chi connectivity index (χ1) is 11.0. The zero-order valence-corrected chi connectivity index (χ0v) is 12.7. The number of nitro groups is 1. The summed E-state index contributed by atoms with van der Waals surface area (Å²) in [5, 5.41) is 22.8. The van der Waals surface area contributed by atoms with Gasteiger partial charge in [-0.15, -0.1) is 0 Å². The van der Waals surface area contributed by atoms with Gasteiger partial charge in [-0.05, 0) is 15.5 Å². The molecule has 0 aliphatic heterocycles. The standard InChI is InChI=1S/C15H18N4O4/c1-11-16-14(19(22)23)9-18(11)8-7-15(21)17-13(10-20)12-5-3-2-4-6-12/h2-6,9,13,20H,7-8,10H2,1H3,(H,17,21)/t13-/m1/s1. The van der Waals surface area contributed by atoms with Gasteiger partial charge < -0.3 is 25.1 Å². The number of imidazole rings is 1. The van der Waals surface area contributed by atoms with Crippen molar-refractivity contribution in [2.45, 2.75) is 25.9 Å². The van der Waals surface area contributed by atoms with Gasteiger partial charge in [-0.1, -0.05) is 30.3 Å². The topological polar surface area (TPSA) is 110 Å². The van der Waals surface area contributed by atoms with E-state index in [9.17, 15) is 20.0 Å². The molecule has 8 heteroatoms. The Morgan fingerprint density at radius 1 is 1.43 bits per heavy atom. The van der Waals surface area contributed by atoms with Crippen molar-refractivity contribution in [3.8, 4) is 0 Å². The lowest BCUT2D eigenvalue weighted by Gasteiger charge is -2.16. The van der Waals surface area contributed by atoms with E-state index in [1.54, 1.807) is 11.5 Å². The number of rotatable bonds is 7. The number of carbonyl (C=O) groups excluding carboxylic acids is 1. The first-order valence-corrected chi connectivity index (χ1v) is 7.14. The maximum Gasteiger partial charge on any atom is 0.381 e. The molecule has 0 fully saturated rings. The molecule has 2 rings (SSSR count). The third-order valence-electron chi connectivity index (χ3n) is 3.45. The molecule has 1 amide bonds. The molecule has 0 bridgehead atoms. The van der Waals surface area contributed by atoms with Crippen molar-refractivity contribution in [3.05, 3.63) is 58.0 Å². The van der Waals surface area contributed by atoms with Crippen LogP contribution in [-0.4, -0.2) is 32.1 Å². The zero-order chi connectivity index (χ0) is 16.8. The van der Waals surface area contributed by atoms with Gasteiger partial charge in [-0.25, -0.2) is 0 Å². The Bertz CT molecular complexity index is 684. The number of benzene rings is 1. The van der Waals surface area contributed by atoms with Gasteiger partial charge in [0, 0.05) is 19.9 Å². The van der Waals surface area contributed by atoms with Crippen LogP contribution in [0.15, 0.2) is 36.5 Å². The van der Waals surface area contributed by atoms with Crippen LogP contribution < -0.4 is 5.32 Å². The van der Waals surface area contributed by atoms with Crippen LogP contribution in [0.5, 0.6) is 0 Å². The smallest absolute Gasteiger partial charge is 0.381 e. The number of aromatic nitrogens is 2. The molecule has 1 atom stereocenters. The lowest BCUT2D eigenvalue weighted by atomic mass is 10.1. The molecule has 2 N–H and O–H groups in total. The summed E-state index contributed by atoms with van der Waals surface area (Å²) in [4.78, 5) is 25.9. The average molecular weight is 318 g/mol. The summed E-state index contributed by atoms with van der Waals surface area (Å²) in [7, 11) is 0. The monoisotopic (exact) mass is 318 g/mol. The van der Waals surface area contributed by atoms with E-state index in [0.29, 0.717) is 5.82 Å². The van der Waals surface area contributed by atoms with Crippen LogP contribution in [-0.2, 0) is 11.3 Å². The van der Waals surface area contributed by atoms with Gasteiger partial charge in [0.2, 0.25) is 11.7 Å². The second-order valence-corrected chi connectivity index (χ2v) is 5.06. The van der Waals surface area contributed by atoms with Crippen LogP contribution in [0.4, 0.5) is 5.82 Å². The van der Waals surface area contributed by atoms with E-state index in [0.717, 1.165) is 5.56 Å². The summed E-state index contributed by atoms with van der Waals surface area (Å²) in [6.07, 6.45) is 1.45. The molecular weight excluding hydrogens is 300 g/mol. The van der Waals surface area contributed by atoms with Crippen molar-refractivity contribution in [3.63, 3.8) is 0 Å². The van der Waals surface area contributed by atoms with Gasteiger partial charge in [0.05, 0.1) is 12.6 Å². The Kier molecular flexibility index (Phi) is 5.42. The predicted molar refractivity (Wildman–Crippen MR) is 82.6 cm³/mol. The third kappa shape index (κ3) is 4.36.